The minimum absolute atomic E-state index is 0.286. The molecule has 0 amide bonds. The van der Waals surface area contributed by atoms with Gasteiger partial charge in [0.1, 0.15) is 5.01 Å². The van der Waals surface area contributed by atoms with E-state index in [0.29, 0.717) is 4.47 Å². The molecule has 0 atom stereocenters. The van der Waals surface area contributed by atoms with Crippen molar-refractivity contribution in [2.45, 2.75) is 10.6 Å². The lowest BCUT2D eigenvalue weighted by atomic mass is 10.2. The maximum atomic E-state index is 11.0. The maximum Gasteiger partial charge on any atom is 0.336 e. The van der Waals surface area contributed by atoms with Crippen molar-refractivity contribution in [2.24, 2.45) is 0 Å². The Bertz CT molecular complexity index is 528. The summed E-state index contributed by atoms with van der Waals surface area (Å²) in [7, 11) is 0. The summed E-state index contributed by atoms with van der Waals surface area (Å²) in [6, 6.07) is 5.33. The molecule has 0 saturated heterocycles. The highest BCUT2D eigenvalue weighted by atomic mass is 79.9. The van der Waals surface area contributed by atoms with E-state index in [1.165, 1.54) is 0 Å². The van der Waals surface area contributed by atoms with Crippen LogP contribution >= 0.6 is 39.0 Å². The van der Waals surface area contributed by atoms with E-state index in [-0.39, 0.29) is 5.56 Å². The number of hydrogen-bond donors (Lipinski definition) is 1. The molecule has 0 spiro atoms. The van der Waals surface area contributed by atoms with Crippen molar-refractivity contribution in [3.8, 4) is 0 Å². The Morgan fingerprint density at radius 2 is 2.35 bits per heavy atom. The third-order valence-corrected chi connectivity index (χ3v) is 4.67. The van der Waals surface area contributed by atoms with Crippen molar-refractivity contribution in [1.82, 2.24) is 4.98 Å². The molecular weight excluding hydrogens is 322 g/mol. The van der Waals surface area contributed by atoms with Crippen LogP contribution in [0.5, 0.6) is 0 Å². The highest BCUT2D eigenvalue weighted by Gasteiger charge is 2.09. The van der Waals surface area contributed by atoms with Crippen LogP contribution in [0.25, 0.3) is 0 Å². The molecule has 0 aliphatic carbocycles. The van der Waals surface area contributed by atoms with Gasteiger partial charge in [-0.15, -0.1) is 23.1 Å². The Morgan fingerprint density at radius 3 is 3.00 bits per heavy atom. The second-order valence-electron chi connectivity index (χ2n) is 3.16. The van der Waals surface area contributed by atoms with E-state index < -0.39 is 5.97 Å². The van der Waals surface area contributed by atoms with Gasteiger partial charge in [-0.3, -0.25) is 0 Å². The second kappa shape index (κ2) is 5.66. The highest BCUT2D eigenvalue weighted by Crippen LogP contribution is 2.27. The molecule has 1 N–H and O–H groups in total. The zero-order valence-electron chi connectivity index (χ0n) is 8.59. The van der Waals surface area contributed by atoms with E-state index in [2.05, 4.69) is 20.9 Å². The van der Waals surface area contributed by atoms with Crippen LogP contribution in [0.2, 0.25) is 0 Å². The highest BCUT2D eigenvalue weighted by molar-refractivity contribution is 9.10. The molecule has 0 aliphatic heterocycles. The van der Waals surface area contributed by atoms with E-state index in [9.17, 15) is 4.79 Å². The van der Waals surface area contributed by atoms with Crippen molar-refractivity contribution < 1.29 is 9.90 Å². The van der Waals surface area contributed by atoms with Crippen molar-refractivity contribution >= 4 is 45.0 Å². The number of benzene rings is 1. The minimum atomic E-state index is -0.923. The number of nitrogens with zero attached hydrogens (tertiary/aromatic N) is 1. The number of halogens is 1. The smallest absolute Gasteiger partial charge is 0.336 e. The molecule has 0 aliphatic rings. The van der Waals surface area contributed by atoms with Gasteiger partial charge in [0.15, 0.2) is 0 Å². The van der Waals surface area contributed by atoms with Crippen molar-refractivity contribution in [3.63, 3.8) is 0 Å². The van der Waals surface area contributed by atoms with Crippen LogP contribution in [0.15, 0.2) is 39.1 Å². The molecule has 0 unspecified atom stereocenters. The summed E-state index contributed by atoms with van der Waals surface area (Å²) in [5.41, 5.74) is 0.286. The molecule has 0 radical (unpaired) electrons. The molecular formula is C11H8BrNO2S2. The van der Waals surface area contributed by atoms with Gasteiger partial charge in [0.2, 0.25) is 0 Å². The maximum absolute atomic E-state index is 11.0. The fourth-order valence-corrected chi connectivity index (χ4v) is 3.22. The van der Waals surface area contributed by atoms with E-state index in [1.54, 1.807) is 41.4 Å². The number of rotatable bonds is 4. The van der Waals surface area contributed by atoms with E-state index >= 15 is 0 Å². The second-order valence-corrected chi connectivity index (χ2v) is 6.04. The SMILES string of the molecule is O=C(O)c1cc(SCc2nccs2)ccc1Br. The lowest BCUT2D eigenvalue weighted by Crippen LogP contribution is -1.97. The molecule has 6 heteroatoms. The fourth-order valence-electron chi connectivity index (χ4n) is 1.23. The van der Waals surface area contributed by atoms with Crippen LogP contribution in [-0.2, 0) is 5.75 Å². The van der Waals surface area contributed by atoms with Crippen LogP contribution < -0.4 is 0 Å². The number of aromatic carboxylic acids is 1. The molecule has 3 nitrogen and oxygen atoms in total. The monoisotopic (exact) mass is 329 g/mol. The zero-order valence-corrected chi connectivity index (χ0v) is 11.8. The van der Waals surface area contributed by atoms with Crippen LogP contribution in [0.1, 0.15) is 15.4 Å². The van der Waals surface area contributed by atoms with E-state index in [4.69, 9.17) is 5.11 Å². The Kier molecular flexibility index (Phi) is 4.20. The first-order valence-electron chi connectivity index (χ1n) is 4.71. The number of thioether (sulfide) groups is 1. The Labute approximate surface area is 115 Å². The Morgan fingerprint density at radius 1 is 1.53 bits per heavy atom. The zero-order chi connectivity index (χ0) is 12.3. The van der Waals surface area contributed by atoms with E-state index in [1.807, 2.05) is 11.4 Å². The van der Waals surface area contributed by atoms with Crippen molar-refractivity contribution in [3.05, 3.63) is 44.8 Å². The molecule has 88 valence electrons. The Balaban J connectivity index is 2.11. The lowest BCUT2D eigenvalue weighted by Gasteiger charge is -2.03. The van der Waals surface area contributed by atoms with Gasteiger partial charge < -0.3 is 5.11 Å². The molecule has 1 aromatic carbocycles. The lowest BCUT2D eigenvalue weighted by molar-refractivity contribution is 0.0695. The minimum Gasteiger partial charge on any atom is -0.478 e. The Hall–Kier alpha value is -0.850. The van der Waals surface area contributed by atoms with Gasteiger partial charge in [-0.05, 0) is 34.1 Å². The summed E-state index contributed by atoms with van der Waals surface area (Å²) < 4.78 is 0.601. The van der Waals surface area contributed by atoms with Crippen LogP contribution in [0.4, 0.5) is 0 Å². The normalized spacial score (nSPS) is 10.4. The molecule has 17 heavy (non-hydrogen) atoms. The first-order chi connectivity index (χ1) is 8.16. The first kappa shape index (κ1) is 12.6. The van der Waals surface area contributed by atoms with Gasteiger partial charge in [-0.1, -0.05) is 0 Å². The van der Waals surface area contributed by atoms with Crippen LogP contribution in [0.3, 0.4) is 0 Å². The summed E-state index contributed by atoms with van der Waals surface area (Å²) in [6.45, 7) is 0. The first-order valence-corrected chi connectivity index (χ1v) is 7.36. The third-order valence-electron chi connectivity index (χ3n) is 2.01. The number of carbonyl (C=O) groups is 1. The summed E-state index contributed by atoms with van der Waals surface area (Å²) in [4.78, 5) is 16.1. The van der Waals surface area contributed by atoms with Crippen LogP contribution in [-0.4, -0.2) is 16.1 Å². The van der Waals surface area contributed by atoms with Crippen molar-refractivity contribution in [2.75, 3.05) is 0 Å². The average Bonchev–Trinajstić information content (AvgIpc) is 2.80. The predicted molar refractivity (Wildman–Crippen MR) is 72.8 cm³/mol. The van der Waals surface area contributed by atoms with Gasteiger partial charge in [-0.2, -0.15) is 0 Å². The molecule has 1 heterocycles. The quantitative estimate of drug-likeness (QED) is 0.864. The summed E-state index contributed by atoms with van der Waals surface area (Å²) >= 11 is 6.40. The molecule has 2 aromatic rings. The van der Waals surface area contributed by atoms with Gasteiger partial charge in [-0.25, -0.2) is 9.78 Å². The van der Waals surface area contributed by atoms with Crippen molar-refractivity contribution in [1.29, 1.82) is 0 Å². The number of aromatic nitrogens is 1. The van der Waals surface area contributed by atoms with Gasteiger partial charge in [0, 0.05) is 20.9 Å². The topological polar surface area (TPSA) is 50.2 Å². The number of carboxylic acids is 1. The largest absolute Gasteiger partial charge is 0.478 e. The molecule has 0 saturated carbocycles. The third kappa shape index (κ3) is 3.31. The van der Waals surface area contributed by atoms with Gasteiger partial charge >= 0.3 is 5.97 Å². The molecule has 1 aromatic heterocycles. The molecule has 0 fully saturated rings. The summed E-state index contributed by atoms with van der Waals surface area (Å²) in [5, 5.41) is 12.0. The predicted octanol–water partition coefficient (Wildman–Crippen LogP) is 3.90. The summed E-state index contributed by atoms with van der Waals surface area (Å²) in [5.74, 6) is -0.160. The molecule has 0 bridgehead atoms. The van der Waals surface area contributed by atoms with Crippen LogP contribution in [0, 0.1) is 0 Å². The van der Waals surface area contributed by atoms with Gasteiger partial charge in [0.05, 0.1) is 11.3 Å². The summed E-state index contributed by atoms with van der Waals surface area (Å²) in [6.07, 6.45) is 1.77. The van der Waals surface area contributed by atoms with Gasteiger partial charge in [0.25, 0.3) is 0 Å². The number of hydrogen-bond acceptors (Lipinski definition) is 4. The fraction of sp³-hybridized carbons (Fsp3) is 0.0909. The molecule has 2 rings (SSSR count). The number of carboxylic acid groups (broad SMARTS) is 1. The number of thiazole rings is 1. The van der Waals surface area contributed by atoms with E-state index in [0.717, 1.165) is 15.7 Å². The standard InChI is InChI=1S/C11H8BrNO2S2/c12-9-2-1-7(5-8(9)11(14)15)17-6-10-13-3-4-16-10/h1-5H,6H2,(H,14,15). The average molecular weight is 330 g/mol.